The molecule has 0 atom stereocenters. The minimum atomic E-state index is -1.75. The van der Waals surface area contributed by atoms with Crippen LogP contribution in [0.15, 0.2) is 97.2 Å². The van der Waals surface area contributed by atoms with Crippen molar-refractivity contribution in [3.63, 3.8) is 0 Å². The molecule has 0 aliphatic carbocycles. The molecule has 0 spiro atoms. The Kier molecular flexibility index (Phi) is 9.01. The number of ether oxygens (including phenoxy) is 2. The van der Waals surface area contributed by atoms with E-state index in [1.165, 1.54) is 0 Å². The summed E-state index contributed by atoms with van der Waals surface area (Å²) >= 11 is 0. The van der Waals surface area contributed by atoms with E-state index in [1.807, 2.05) is 111 Å². The van der Waals surface area contributed by atoms with Gasteiger partial charge in [-0.25, -0.2) is 0 Å². The maximum atomic E-state index is 14.0. The predicted molar refractivity (Wildman–Crippen MR) is 152 cm³/mol. The van der Waals surface area contributed by atoms with Crippen molar-refractivity contribution in [2.45, 2.75) is 52.4 Å². The standard InChI is InChI=1S/C34H33NO4/c1-4-5-21-34(32(36)38-24-29-17-11-7-12-18-29,33(37)39-25-30-19-13-8-14-20-30)31-23-35(27(3)26(31)2)22-28-15-9-6-10-16-28/h6-20,23H,21-22,24-25H2,1-3H3. The Morgan fingerprint density at radius 3 is 1.67 bits per heavy atom. The summed E-state index contributed by atoms with van der Waals surface area (Å²) in [6.07, 6.45) is 1.82. The molecular formula is C34H33NO4. The number of hydrogen-bond acceptors (Lipinski definition) is 4. The molecule has 0 amide bonds. The average Bonchev–Trinajstić information content (AvgIpc) is 3.25. The van der Waals surface area contributed by atoms with Crippen LogP contribution in [-0.4, -0.2) is 16.5 Å². The second-order valence-electron chi connectivity index (χ2n) is 9.50. The molecule has 0 bridgehead atoms. The van der Waals surface area contributed by atoms with Crippen molar-refractivity contribution in [1.29, 1.82) is 0 Å². The fourth-order valence-electron chi connectivity index (χ4n) is 4.59. The maximum Gasteiger partial charge on any atom is 0.329 e. The molecule has 0 saturated heterocycles. The van der Waals surface area contributed by atoms with Gasteiger partial charge in [-0.05, 0) is 43.0 Å². The molecule has 39 heavy (non-hydrogen) atoms. The third kappa shape index (κ3) is 6.30. The van der Waals surface area contributed by atoms with E-state index in [9.17, 15) is 9.59 Å². The monoisotopic (exact) mass is 519 g/mol. The van der Waals surface area contributed by atoms with Gasteiger partial charge in [0.05, 0.1) is 0 Å². The molecule has 0 radical (unpaired) electrons. The van der Waals surface area contributed by atoms with Gasteiger partial charge < -0.3 is 14.0 Å². The molecule has 0 aliphatic rings. The van der Waals surface area contributed by atoms with E-state index in [2.05, 4.69) is 16.4 Å². The van der Waals surface area contributed by atoms with Crippen LogP contribution in [0.25, 0.3) is 0 Å². The number of aromatic nitrogens is 1. The van der Waals surface area contributed by atoms with E-state index in [-0.39, 0.29) is 19.6 Å². The molecule has 5 heteroatoms. The Balaban J connectivity index is 1.76. The summed E-state index contributed by atoms with van der Waals surface area (Å²) in [6, 6.07) is 28.9. The number of esters is 2. The first-order valence-corrected chi connectivity index (χ1v) is 13.0. The Morgan fingerprint density at radius 1 is 0.744 bits per heavy atom. The molecule has 5 nitrogen and oxygen atoms in total. The normalized spacial score (nSPS) is 10.8. The Morgan fingerprint density at radius 2 is 1.21 bits per heavy atom. The van der Waals surface area contributed by atoms with E-state index in [1.54, 1.807) is 6.92 Å². The quantitative estimate of drug-likeness (QED) is 0.140. The van der Waals surface area contributed by atoms with E-state index >= 15 is 0 Å². The number of rotatable bonds is 10. The van der Waals surface area contributed by atoms with Crippen molar-refractivity contribution in [3.05, 3.63) is 131 Å². The van der Waals surface area contributed by atoms with E-state index in [0.717, 1.165) is 27.9 Å². The largest absolute Gasteiger partial charge is 0.460 e. The van der Waals surface area contributed by atoms with Crippen molar-refractivity contribution in [2.75, 3.05) is 0 Å². The Hall–Kier alpha value is -4.56. The van der Waals surface area contributed by atoms with Gasteiger partial charge >= 0.3 is 11.9 Å². The minimum absolute atomic E-state index is 0.0374. The van der Waals surface area contributed by atoms with Gasteiger partial charge in [0.25, 0.3) is 0 Å². The molecule has 0 aliphatic heterocycles. The van der Waals surface area contributed by atoms with Crippen LogP contribution in [-0.2, 0) is 44.2 Å². The van der Waals surface area contributed by atoms with Crippen molar-refractivity contribution in [3.8, 4) is 11.8 Å². The van der Waals surface area contributed by atoms with E-state index in [4.69, 9.17) is 9.47 Å². The topological polar surface area (TPSA) is 57.5 Å². The zero-order valence-corrected chi connectivity index (χ0v) is 22.6. The highest BCUT2D eigenvalue weighted by Gasteiger charge is 2.52. The highest BCUT2D eigenvalue weighted by Crippen LogP contribution is 2.37. The van der Waals surface area contributed by atoms with Crippen LogP contribution < -0.4 is 0 Å². The molecule has 0 saturated carbocycles. The van der Waals surface area contributed by atoms with Crippen LogP contribution in [0.2, 0.25) is 0 Å². The zero-order valence-electron chi connectivity index (χ0n) is 22.6. The third-order valence-corrected chi connectivity index (χ3v) is 6.97. The van der Waals surface area contributed by atoms with Gasteiger partial charge in [0.2, 0.25) is 5.41 Å². The van der Waals surface area contributed by atoms with Crippen LogP contribution in [0.3, 0.4) is 0 Å². The fraction of sp³-hybridized carbons (Fsp3) is 0.235. The fourth-order valence-corrected chi connectivity index (χ4v) is 4.59. The van der Waals surface area contributed by atoms with E-state index < -0.39 is 17.4 Å². The first-order chi connectivity index (χ1) is 19.0. The molecule has 0 unspecified atom stereocenters. The summed E-state index contributed by atoms with van der Waals surface area (Å²) in [5.41, 5.74) is 3.35. The van der Waals surface area contributed by atoms with Gasteiger partial charge in [0.15, 0.2) is 0 Å². The predicted octanol–water partition coefficient (Wildman–Crippen LogP) is 6.29. The number of nitrogens with zero attached hydrogens (tertiary/aromatic N) is 1. The van der Waals surface area contributed by atoms with Gasteiger partial charge in [-0.3, -0.25) is 9.59 Å². The van der Waals surface area contributed by atoms with Crippen molar-refractivity contribution < 1.29 is 19.1 Å². The van der Waals surface area contributed by atoms with Crippen molar-refractivity contribution in [2.24, 2.45) is 0 Å². The summed E-state index contributed by atoms with van der Waals surface area (Å²) in [5, 5.41) is 0. The summed E-state index contributed by atoms with van der Waals surface area (Å²) in [4.78, 5) is 28.1. The van der Waals surface area contributed by atoms with Gasteiger partial charge in [-0.1, -0.05) is 91.0 Å². The van der Waals surface area contributed by atoms with Crippen LogP contribution in [0.1, 0.15) is 46.9 Å². The average molecular weight is 520 g/mol. The molecule has 1 heterocycles. The van der Waals surface area contributed by atoms with Crippen LogP contribution in [0.4, 0.5) is 0 Å². The molecule has 4 rings (SSSR count). The summed E-state index contributed by atoms with van der Waals surface area (Å²) in [6.45, 7) is 6.28. The number of carbonyl (C=O) groups excluding carboxylic acids is 2. The summed E-state index contributed by atoms with van der Waals surface area (Å²) < 4.78 is 13.7. The smallest absolute Gasteiger partial charge is 0.329 e. The highest BCUT2D eigenvalue weighted by molar-refractivity contribution is 6.07. The first kappa shape index (κ1) is 27.5. The van der Waals surface area contributed by atoms with Crippen molar-refractivity contribution >= 4 is 11.9 Å². The SMILES string of the molecule is CC#CCC(C(=O)OCc1ccccc1)(C(=O)OCc1ccccc1)c1cn(Cc2ccccc2)c(C)c1C. The summed E-state index contributed by atoms with van der Waals surface area (Å²) in [5.74, 6) is 4.50. The lowest BCUT2D eigenvalue weighted by Gasteiger charge is -2.28. The third-order valence-electron chi connectivity index (χ3n) is 6.97. The summed E-state index contributed by atoms with van der Waals surface area (Å²) in [7, 11) is 0. The van der Waals surface area contributed by atoms with Gasteiger partial charge in [-0.15, -0.1) is 11.8 Å². The Labute approximate surface area is 230 Å². The Bertz CT molecular complexity index is 1410. The molecule has 4 aromatic rings. The second-order valence-corrected chi connectivity index (χ2v) is 9.50. The lowest BCUT2D eigenvalue weighted by Crippen LogP contribution is -2.46. The van der Waals surface area contributed by atoms with Gasteiger partial charge in [0, 0.05) is 30.4 Å². The number of carbonyl (C=O) groups is 2. The van der Waals surface area contributed by atoms with Crippen LogP contribution in [0.5, 0.6) is 0 Å². The molecule has 198 valence electrons. The van der Waals surface area contributed by atoms with Gasteiger partial charge in [-0.2, -0.15) is 0 Å². The van der Waals surface area contributed by atoms with Crippen LogP contribution >= 0.6 is 0 Å². The van der Waals surface area contributed by atoms with E-state index in [0.29, 0.717) is 12.1 Å². The molecule has 1 aromatic heterocycles. The molecule has 0 N–H and O–H groups in total. The lowest BCUT2D eigenvalue weighted by atomic mass is 9.77. The zero-order chi connectivity index (χ0) is 27.7. The maximum absolute atomic E-state index is 14.0. The van der Waals surface area contributed by atoms with Crippen molar-refractivity contribution in [1.82, 2.24) is 4.57 Å². The lowest BCUT2D eigenvalue weighted by molar-refractivity contribution is -0.166. The molecule has 0 fully saturated rings. The second kappa shape index (κ2) is 12.8. The molecular weight excluding hydrogens is 486 g/mol. The van der Waals surface area contributed by atoms with Crippen LogP contribution in [0, 0.1) is 25.7 Å². The molecule has 3 aromatic carbocycles. The number of benzene rings is 3. The first-order valence-electron chi connectivity index (χ1n) is 13.0. The minimum Gasteiger partial charge on any atom is -0.460 e. The van der Waals surface area contributed by atoms with Gasteiger partial charge in [0.1, 0.15) is 13.2 Å². The number of hydrogen-bond donors (Lipinski definition) is 0. The highest BCUT2D eigenvalue weighted by atomic mass is 16.6.